The van der Waals surface area contributed by atoms with E-state index in [1.54, 1.807) is 0 Å². The van der Waals surface area contributed by atoms with Gasteiger partial charge in [-0.1, -0.05) is 0 Å². The predicted octanol–water partition coefficient (Wildman–Crippen LogP) is 1.47. The van der Waals surface area contributed by atoms with Gasteiger partial charge in [-0.15, -0.1) is 0 Å². The molecular weight excluding hydrogens is 124 g/mol. The fourth-order valence-corrected chi connectivity index (χ4v) is 0.857. The molecule has 0 aliphatic carbocycles. The molecule has 1 aromatic rings. The number of rotatable bonds is 2. The van der Waals surface area contributed by atoms with E-state index in [0.717, 1.165) is 0 Å². The van der Waals surface area contributed by atoms with Gasteiger partial charge in [0.25, 0.3) is 0 Å². The van der Waals surface area contributed by atoms with Gasteiger partial charge in [-0.2, -0.15) is 0 Å². The van der Waals surface area contributed by atoms with E-state index in [2.05, 4.69) is 30.2 Å². The zero-order chi connectivity index (χ0) is 7.61. The van der Waals surface area contributed by atoms with Gasteiger partial charge in [0, 0.05) is 17.9 Å². The molecule has 0 saturated heterocycles. The van der Waals surface area contributed by atoms with Crippen molar-refractivity contribution in [2.24, 2.45) is 0 Å². The summed E-state index contributed by atoms with van der Waals surface area (Å²) >= 11 is 0. The van der Waals surface area contributed by atoms with Crippen molar-refractivity contribution in [3.63, 3.8) is 0 Å². The lowest BCUT2D eigenvalue weighted by molar-refractivity contribution is 0.445. The molecule has 0 amide bonds. The Balaban J connectivity index is 2.85. The summed E-state index contributed by atoms with van der Waals surface area (Å²) in [6.07, 6.45) is 3.95. The number of hydrogen-bond acceptors (Lipinski definition) is 1. The lowest BCUT2D eigenvalue weighted by atomic mass is 9.98. The summed E-state index contributed by atoms with van der Waals surface area (Å²) in [6.45, 7) is 4.30. The Hall–Kier alpha value is -0.760. The fraction of sp³-hybridized carbons (Fsp3) is 0.500. The van der Waals surface area contributed by atoms with Gasteiger partial charge in [0.2, 0.25) is 0 Å². The van der Waals surface area contributed by atoms with Crippen molar-refractivity contribution >= 4 is 0 Å². The van der Waals surface area contributed by atoms with E-state index >= 15 is 0 Å². The molecular formula is C8H14N2. The molecule has 0 aromatic carbocycles. The lowest BCUT2D eigenvalue weighted by Crippen LogP contribution is -2.32. The predicted molar refractivity (Wildman–Crippen MR) is 42.9 cm³/mol. The average molecular weight is 138 g/mol. The zero-order valence-corrected chi connectivity index (χ0v) is 6.73. The Morgan fingerprint density at radius 3 is 2.60 bits per heavy atom. The van der Waals surface area contributed by atoms with Crippen LogP contribution in [0.4, 0.5) is 0 Å². The van der Waals surface area contributed by atoms with Gasteiger partial charge in [-0.3, -0.25) is 0 Å². The van der Waals surface area contributed by atoms with Crippen molar-refractivity contribution in [1.29, 1.82) is 0 Å². The molecule has 0 atom stereocenters. The first kappa shape index (κ1) is 7.35. The van der Waals surface area contributed by atoms with Crippen molar-refractivity contribution in [1.82, 2.24) is 10.3 Å². The van der Waals surface area contributed by atoms with Gasteiger partial charge >= 0.3 is 0 Å². The number of nitrogens with one attached hydrogen (secondary N) is 2. The molecule has 1 aromatic heterocycles. The second-order valence-electron chi connectivity index (χ2n) is 2.97. The van der Waals surface area contributed by atoms with Gasteiger partial charge in [-0.05, 0) is 32.5 Å². The van der Waals surface area contributed by atoms with Gasteiger partial charge in [0.15, 0.2) is 0 Å². The molecule has 56 valence electrons. The molecule has 0 spiro atoms. The summed E-state index contributed by atoms with van der Waals surface area (Å²) in [5.74, 6) is 0. The fourth-order valence-electron chi connectivity index (χ4n) is 0.857. The molecule has 0 bridgehead atoms. The molecule has 0 aliphatic rings. The maximum atomic E-state index is 3.22. The van der Waals surface area contributed by atoms with Crippen LogP contribution in [0.25, 0.3) is 0 Å². The number of hydrogen-bond donors (Lipinski definition) is 2. The van der Waals surface area contributed by atoms with Crippen LogP contribution in [0.5, 0.6) is 0 Å². The van der Waals surface area contributed by atoms with E-state index in [4.69, 9.17) is 0 Å². The minimum atomic E-state index is 0.0833. The van der Waals surface area contributed by atoms with Gasteiger partial charge in [0.05, 0.1) is 0 Å². The van der Waals surface area contributed by atoms with Crippen LogP contribution in [0.3, 0.4) is 0 Å². The van der Waals surface area contributed by atoms with E-state index < -0.39 is 0 Å². The van der Waals surface area contributed by atoms with E-state index in [1.807, 2.05) is 19.4 Å². The molecule has 0 saturated carbocycles. The first-order chi connectivity index (χ1) is 4.67. The topological polar surface area (TPSA) is 27.8 Å². The van der Waals surface area contributed by atoms with Crippen LogP contribution in [-0.2, 0) is 5.54 Å². The van der Waals surface area contributed by atoms with E-state index in [1.165, 1.54) is 5.56 Å². The molecule has 1 rings (SSSR count). The molecule has 0 radical (unpaired) electrons. The minimum absolute atomic E-state index is 0.0833. The highest BCUT2D eigenvalue weighted by molar-refractivity contribution is 5.18. The Labute approximate surface area is 61.7 Å². The number of H-pyrrole nitrogens is 1. The zero-order valence-electron chi connectivity index (χ0n) is 6.73. The highest BCUT2D eigenvalue weighted by atomic mass is 14.9. The van der Waals surface area contributed by atoms with E-state index in [0.29, 0.717) is 0 Å². The molecule has 0 unspecified atom stereocenters. The van der Waals surface area contributed by atoms with Crippen LogP contribution in [-0.4, -0.2) is 12.0 Å². The second kappa shape index (κ2) is 2.46. The summed E-state index contributed by atoms with van der Waals surface area (Å²) in [4.78, 5) is 3.03. The Bertz CT molecular complexity index is 187. The van der Waals surface area contributed by atoms with Crippen LogP contribution < -0.4 is 5.32 Å². The molecule has 0 aliphatic heterocycles. The molecule has 2 nitrogen and oxygen atoms in total. The van der Waals surface area contributed by atoms with Gasteiger partial charge in [-0.25, -0.2) is 0 Å². The van der Waals surface area contributed by atoms with E-state index in [9.17, 15) is 0 Å². The highest BCUT2D eigenvalue weighted by Gasteiger charge is 2.16. The largest absolute Gasteiger partial charge is 0.367 e. The summed E-state index contributed by atoms with van der Waals surface area (Å²) in [7, 11) is 1.97. The number of aromatic nitrogens is 1. The lowest BCUT2D eigenvalue weighted by Gasteiger charge is -2.22. The molecule has 2 N–H and O–H groups in total. The van der Waals surface area contributed by atoms with Crippen LogP contribution in [0.1, 0.15) is 19.4 Å². The SMILES string of the molecule is CNC(C)(C)c1cc[nH]c1. The second-order valence-corrected chi connectivity index (χ2v) is 2.97. The highest BCUT2D eigenvalue weighted by Crippen LogP contribution is 2.17. The first-order valence-electron chi connectivity index (χ1n) is 3.49. The monoisotopic (exact) mass is 138 g/mol. The Morgan fingerprint density at radius 2 is 2.20 bits per heavy atom. The Morgan fingerprint density at radius 1 is 1.50 bits per heavy atom. The van der Waals surface area contributed by atoms with Crippen LogP contribution in [0.15, 0.2) is 18.5 Å². The first-order valence-corrected chi connectivity index (χ1v) is 3.49. The average Bonchev–Trinajstić information content (AvgIpc) is 2.38. The van der Waals surface area contributed by atoms with Crippen molar-refractivity contribution in [3.8, 4) is 0 Å². The Kier molecular flexibility index (Phi) is 1.81. The maximum absolute atomic E-state index is 3.22. The smallest absolute Gasteiger partial charge is 0.0390 e. The summed E-state index contributed by atoms with van der Waals surface area (Å²) in [5, 5.41) is 3.22. The van der Waals surface area contributed by atoms with Crippen molar-refractivity contribution in [3.05, 3.63) is 24.0 Å². The summed E-state index contributed by atoms with van der Waals surface area (Å²) in [5.41, 5.74) is 1.37. The standard InChI is InChI=1S/C8H14N2/c1-8(2,9-3)7-4-5-10-6-7/h4-6,9-10H,1-3H3. The normalized spacial score (nSPS) is 11.9. The molecule has 1 heterocycles. The van der Waals surface area contributed by atoms with E-state index in [-0.39, 0.29) is 5.54 Å². The van der Waals surface area contributed by atoms with Crippen molar-refractivity contribution < 1.29 is 0 Å². The van der Waals surface area contributed by atoms with Crippen LogP contribution in [0.2, 0.25) is 0 Å². The van der Waals surface area contributed by atoms with Crippen molar-refractivity contribution in [2.75, 3.05) is 7.05 Å². The maximum Gasteiger partial charge on any atom is 0.0390 e. The number of aromatic amines is 1. The quantitative estimate of drug-likeness (QED) is 0.636. The van der Waals surface area contributed by atoms with Crippen LogP contribution >= 0.6 is 0 Å². The third-order valence-electron chi connectivity index (χ3n) is 1.94. The third-order valence-corrected chi connectivity index (χ3v) is 1.94. The molecule has 0 fully saturated rings. The summed E-state index contributed by atoms with van der Waals surface area (Å²) in [6, 6.07) is 2.08. The minimum Gasteiger partial charge on any atom is -0.367 e. The van der Waals surface area contributed by atoms with Crippen molar-refractivity contribution in [2.45, 2.75) is 19.4 Å². The summed E-state index contributed by atoms with van der Waals surface area (Å²) < 4.78 is 0. The molecule has 10 heavy (non-hydrogen) atoms. The van der Waals surface area contributed by atoms with Crippen LogP contribution in [0, 0.1) is 0 Å². The third kappa shape index (κ3) is 1.21. The van der Waals surface area contributed by atoms with Gasteiger partial charge in [0.1, 0.15) is 0 Å². The molecule has 2 heteroatoms. The van der Waals surface area contributed by atoms with Gasteiger partial charge < -0.3 is 10.3 Å².